The van der Waals surface area contributed by atoms with Gasteiger partial charge in [0.2, 0.25) is 0 Å². The van der Waals surface area contributed by atoms with E-state index in [1.54, 1.807) is 29.2 Å². The summed E-state index contributed by atoms with van der Waals surface area (Å²) in [5.41, 5.74) is 2.89. The molecule has 2 amide bonds. The lowest BCUT2D eigenvalue weighted by atomic mass is 10.1. The summed E-state index contributed by atoms with van der Waals surface area (Å²) in [4.78, 5) is 25.6. The van der Waals surface area contributed by atoms with Crippen molar-refractivity contribution in [3.8, 4) is 0 Å². The van der Waals surface area contributed by atoms with Crippen molar-refractivity contribution in [2.45, 2.75) is 13.5 Å². The van der Waals surface area contributed by atoms with Crippen molar-refractivity contribution in [2.75, 3.05) is 30.0 Å². The molecule has 2 aromatic carbocycles. The average molecular weight is 340 g/mol. The van der Waals surface area contributed by atoms with Crippen LogP contribution in [0.1, 0.15) is 22.8 Å². The maximum atomic E-state index is 12.5. The van der Waals surface area contributed by atoms with Crippen LogP contribution in [-0.4, -0.2) is 31.8 Å². The number of benzene rings is 2. The third-order valence-corrected chi connectivity index (χ3v) is 3.93. The van der Waals surface area contributed by atoms with Gasteiger partial charge < -0.3 is 14.8 Å². The molecule has 1 aliphatic heterocycles. The molecule has 1 N–H and O–H groups in total. The smallest absolute Gasteiger partial charge is 0.414 e. The van der Waals surface area contributed by atoms with Crippen LogP contribution in [0.25, 0.3) is 0 Å². The van der Waals surface area contributed by atoms with Crippen LogP contribution in [0, 0.1) is 0 Å². The molecule has 2 aromatic rings. The van der Waals surface area contributed by atoms with Crippen molar-refractivity contribution in [3.63, 3.8) is 0 Å². The van der Waals surface area contributed by atoms with Crippen LogP contribution in [0.5, 0.6) is 0 Å². The fourth-order valence-corrected chi connectivity index (χ4v) is 2.60. The first-order chi connectivity index (χ1) is 12.2. The highest BCUT2D eigenvalue weighted by Crippen LogP contribution is 2.21. The van der Waals surface area contributed by atoms with E-state index in [2.05, 4.69) is 5.32 Å². The summed E-state index contributed by atoms with van der Waals surface area (Å²) >= 11 is 0. The molecule has 6 heteroatoms. The Labute approximate surface area is 146 Å². The van der Waals surface area contributed by atoms with Crippen LogP contribution in [0.4, 0.5) is 16.2 Å². The van der Waals surface area contributed by atoms with Crippen LogP contribution in [-0.2, 0) is 16.1 Å². The second kappa shape index (κ2) is 7.81. The summed E-state index contributed by atoms with van der Waals surface area (Å²) in [5.74, 6) is -0.209. The number of anilines is 2. The summed E-state index contributed by atoms with van der Waals surface area (Å²) < 4.78 is 10.3. The molecule has 130 valence electrons. The van der Waals surface area contributed by atoms with Crippen molar-refractivity contribution in [3.05, 3.63) is 59.7 Å². The Kier molecular flexibility index (Phi) is 5.30. The van der Waals surface area contributed by atoms with E-state index in [9.17, 15) is 9.59 Å². The van der Waals surface area contributed by atoms with Gasteiger partial charge in [-0.15, -0.1) is 0 Å². The lowest BCUT2D eigenvalue weighted by Crippen LogP contribution is -2.23. The highest BCUT2D eigenvalue weighted by atomic mass is 16.6. The highest BCUT2D eigenvalue weighted by Gasteiger charge is 2.23. The van der Waals surface area contributed by atoms with Gasteiger partial charge in [0.1, 0.15) is 6.61 Å². The number of ether oxygens (including phenoxy) is 2. The number of nitrogens with one attached hydrogen (secondary N) is 1. The molecule has 1 fully saturated rings. The fraction of sp³-hybridized carbons (Fsp3) is 0.263. The van der Waals surface area contributed by atoms with Gasteiger partial charge in [-0.05, 0) is 37.3 Å². The topological polar surface area (TPSA) is 67.9 Å². The van der Waals surface area contributed by atoms with E-state index in [1.165, 1.54) is 0 Å². The summed E-state index contributed by atoms with van der Waals surface area (Å²) in [6, 6.07) is 14.4. The predicted octanol–water partition coefficient (Wildman–Crippen LogP) is 3.43. The lowest BCUT2D eigenvalue weighted by Gasteiger charge is -2.14. The van der Waals surface area contributed by atoms with Crippen LogP contribution in [0.2, 0.25) is 0 Å². The number of amides is 2. The number of cyclic esters (lactones) is 1. The number of carbonyl (C=O) groups is 2. The summed E-state index contributed by atoms with van der Waals surface area (Å²) in [5, 5.41) is 2.91. The molecule has 0 spiro atoms. The van der Waals surface area contributed by atoms with E-state index in [-0.39, 0.29) is 12.0 Å². The Morgan fingerprint density at radius 3 is 2.64 bits per heavy atom. The van der Waals surface area contributed by atoms with Crippen molar-refractivity contribution in [2.24, 2.45) is 0 Å². The summed E-state index contributed by atoms with van der Waals surface area (Å²) in [6.07, 6.45) is -0.359. The highest BCUT2D eigenvalue weighted by molar-refractivity contribution is 6.05. The third kappa shape index (κ3) is 3.97. The number of nitrogens with zero attached hydrogens (tertiary/aromatic N) is 1. The van der Waals surface area contributed by atoms with Gasteiger partial charge in [0.05, 0.1) is 13.2 Å². The van der Waals surface area contributed by atoms with Crippen molar-refractivity contribution < 1.29 is 19.1 Å². The summed E-state index contributed by atoms with van der Waals surface area (Å²) in [6.45, 7) is 3.90. The Balaban J connectivity index is 1.70. The molecule has 0 atom stereocenters. The molecule has 1 saturated heterocycles. The molecule has 6 nitrogen and oxygen atoms in total. The van der Waals surface area contributed by atoms with Gasteiger partial charge >= 0.3 is 6.09 Å². The van der Waals surface area contributed by atoms with E-state index < -0.39 is 0 Å². The van der Waals surface area contributed by atoms with E-state index in [1.807, 2.05) is 31.2 Å². The minimum absolute atomic E-state index is 0.209. The molecule has 0 radical (unpaired) electrons. The minimum Gasteiger partial charge on any atom is -0.447 e. The molecule has 0 aliphatic carbocycles. The number of hydrogen-bond donors (Lipinski definition) is 1. The molecule has 0 aromatic heterocycles. The molecule has 1 heterocycles. The van der Waals surface area contributed by atoms with Crippen molar-refractivity contribution in [1.29, 1.82) is 0 Å². The Bertz CT molecular complexity index is 758. The average Bonchev–Trinajstić information content (AvgIpc) is 3.07. The minimum atomic E-state index is -0.359. The quantitative estimate of drug-likeness (QED) is 0.875. The summed E-state index contributed by atoms with van der Waals surface area (Å²) in [7, 11) is 0. The van der Waals surface area contributed by atoms with Crippen molar-refractivity contribution >= 4 is 23.4 Å². The van der Waals surface area contributed by atoms with Gasteiger partial charge in [0, 0.05) is 29.1 Å². The Morgan fingerprint density at radius 2 is 1.96 bits per heavy atom. The number of para-hydroxylation sites is 1. The van der Waals surface area contributed by atoms with Crippen LogP contribution in [0.15, 0.2) is 48.5 Å². The van der Waals surface area contributed by atoms with Crippen LogP contribution in [0.3, 0.4) is 0 Å². The fourth-order valence-electron chi connectivity index (χ4n) is 2.60. The van der Waals surface area contributed by atoms with E-state index in [0.717, 1.165) is 16.9 Å². The monoisotopic (exact) mass is 340 g/mol. The first kappa shape index (κ1) is 17.0. The molecule has 1 aliphatic rings. The molecular formula is C19H20N2O4. The predicted molar refractivity (Wildman–Crippen MR) is 94.9 cm³/mol. The van der Waals surface area contributed by atoms with Crippen LogP contribution < -0.4 is 10.2 Å². The van der Waals surface area contributed by atoms with Gasteiger partial charge in [-0.25, -0.2) is 4.79 Å². The standard InChI is InChI=1S/C19H20N2O4/c1-2-24-13-15-5-3-4-6-17(15)20-18(22)14-7-9-16(10-8-14)21-11-12-25-19(21)23/h3-10H,2,11-13H2,1H3,(H,20,22). The molecule has 0 unspecified atom stereocenters. The molecule has 0 bridgehead atoms. The largest absolute Gasteiger partial charge is 0.447 e. The number of hydrogen-bond acceptors (Lipinski definition) is 4. The lowest BCUT2D eigenvalue weighted by molar-refractivity contribution is 0.102. The number of carbonyl (C=O) groups excluding carboxylic acids is 2. The normalized spacial score (nSPS) is 13.6. The number of rotatable bonds is 6. The molecule has 3 rings (SSSR count). The van der Waals surface area contributed by atoms with Crippen LogP contribution >= 0.6 is 0 Å². The maximum Gasteiger partial charge on any atom is 0.414 e. The first-order valence-electron chi connectivity index (χ1n) is 8.20. The Hall–Kier alpha value is -2.86. The maximum absolute atomic E-state index is 12.5. The second-order valence-corrected chi connectivity index (χ2v) is 5.56. The third-order valence-electron chi connectivity index (χ3n) is 3.93. The molecule has 25 heavy (non-hydrogen) atoms. The van der Waals surface area contributed by atoms with Gasteiger partial charge in [-0.3, -0.25) is 9.69 Å². The first-order valence-corrected chi connectivity index (χ1v) is 8.20. The van der Waals surface area contributed by atoms with Gasteiger partial charge in [-0.2, -0.15) is 0 Å². The second-order valence-electron chi connectivity index (χ2n) is 5.56. The molecular weight excluding hydrogens is 320 g/mol. The van der Waals surface area contributed by atoms with Gasteiger partial charge in [-0.1, -0.05) is 18.2 Å². The van der Waals surface area contributed by atoms with Crippen molar-refractivity contribution in [1.82, 2.24) is 0 Å². The van der Waals surface area contributed by atoms with E-state index in [4.69, 9.17) is 9.47 Å². The van der Waals surface area contributed by atoms with Gasteiger partial charge in [0.25, 0.3) is 5.91 Å². The van der Waals surface area contributed by atoms with Gasteiger partial charge in [0.15, 0.2) is 0 Å². The molecule has 0 saturated carbocycles. The Morgan fingerprint density at radius 1 is 1.20 bits per heavy atom. The SMILES string of the molecule is CCOCc1ccccc1NC(=O)c1ccc(N2CCOC2=O)cc1. The zero-order valence-corrected chi connectivity index (χ0v) is 14.0. The van der Waals surface area contributed by atoms with E-state index in [0.29, 0.717) is 31.9 Å². The zero-order valence-electron chi connectivity index (χ0n) is 14.0. The van der Waals surface area contributed by atoms with E-state index >= 15 is 0 Å². The zero-order chi connectivity index (χ0) is 17.6.